The third-order valence-electron chi connectivity index (χ3n) is 5.70. The molecule has 0 amide bonds. The van der Waals surface area contributed by atoms with Crippen LogP contribution >= 0.6 is 11.6 Å². The van der Waals surface area contributed by atoms with Gasteiger partial charge in [-0.1, -0.05) is 29.8 Å². The Kier molecular flexibility index (Phi) is 5.57. The lowest BCUT2D eigenvalue weighted by atomic mass is 9.99. The number of nitrogens with zero attached hydrogens (tertiary/aromatic N) is 4. The van der Waals surface area contributed by atoms with Gasteiger partial charge in [0, 0.05) is 35.0 Å². The van der Waals surface area contributed by atoms with Crippen LogP contribution in [0.1, 0.15) is 0 Å². The van der Waals surface area contributed by atoms with Gasteiger partial charge in [-0.15, -0.1) is 0 Å². The molecule has 11 heteroatoms. The Morgan fingerprint density at radius 2 is 1.97 bits per heavy atom. The Labute approximate surface area is 197 Å². The van der Waals surface area contributed by atoms with Gasteiger partial charge in [-0.25, -0.2) is 18.2 Å². The maximum Gasteiger partial charge on any atom is 0.318 e. The van der Waals surface area contributed by atoms with Crippen molar-refractivity contribution in [3.63, 3.8) is 0 Å². The number of benzene rings is 2. The number of alkyl halides is 2. The van der Waals surface area contributed by atoms with Gasteiger partial charge in [-0.2, -0.15) is 9.97 Å². The molecule has 0 radical (unpaired) electrons. The highest BCUT2D eigenvalue weighted by molar-refractivity contribution is 6.35. The molecule has 0 saturated carbocycles. The first-order valence-electron chi connectivity index (χ1n) is 10.5. The minimum absolute atomic E-state index is 0.0662. The van der Waals surface area contributed by atoms with Crippen LogP contribution in [0.4, 0.5) is 24.8 Å². The molecule has 0 bridgehead atoms. The van der Waals surface area contributed by atoms with Crippen LogP contribution in [-0.2, 0) is 0 Å². The molecule has 1 aliphatic rings. The maximum absolute atomic E-state index is 16.1. The minimum Gasteiger partial charge on any atom is -0.467 e. The molecule has 3 heterocycles. The molecule has 1 fully saturated rings. The third-order valence-corrected chi connectivity index (χ3v) is 6.00. The lowest BCUT2D eigenvalue weighted by Gasteiger charge is -2.26. The van der Waals surface area contributed by atoms with Crippen molar-refractivity contribution in [1.82, 2.24) is 20.3 Å². The number of rotatable bonds is 3. The average molecular weight is 489 g/mol. The Hall–Kier alpha value is -3.37. The van der Waals surface area contributed by atoms with Crippen LogP contribution in [0.3, 0.4) is 0 Å². The van der Waals surface area contributed by atoms with Gasteiger partial charge in [0.1, 0.15) is 17.2 Å². The Morgan fingerprint density at radius 3 is 2.76 bits per heavy atom. The van der Waals surface area contributed by atoms with E-state index in [2.05, 4.69) is 20.3 Å². The molecule has 7 nitrogen and oxygen atoms in total. The summed E-state index contributed by atoms with van der Waals surface area (Å²) in [7, 11) is 1.33. The van der Waals surface area contributed by atoms with Crippen LogP contribution in [0, 0.1) is 5.82 Å². The van der Waals surface area contributed by atoms with Gasteiger partial charge in [-0.3, -0.25) is 0 Å². The summed E-state index contributed by atoms with van der Waals surface area (Å²) in [5.74, 6) is -3.34. The molecular weight excluding hydrogens is 469 g/mol. The second-order valence-electron chi connectivity index (χ2n) is 8.05. The van der Waals surface area contributed by atoms with E-state index in [1.807, 2.05) is 6.07 Å². The molecule has 1 saturated heterocycles. The van der Waals surface area contributed by atoms with Crippen LogP contribution in [0.5, 0.6) is 6.01 Å². The zero-order valence-corrected chi connectivity index (χ0v) is 18.8. The zero-order valence-electron chi connectivity index (χ0n) is 18.1. The van der Waals surface area contributed by atoms with Gasteiger partial charge in [0.05, 0.1) is 30.7 Å². The molecule has 1 aliphatic heterocycles. The molecule has 2 aromatic carbocycles. The highest BCUT2D eigenvalue weighted by atomic mass is 35.5. The number of halogens is 4. The fourth-order valence-corrected chi connectivity index (χ4v) is 4.48. The van der Waals surface area contributed by atoms with Crippen molar-refractivity contribution in [3.05, 3.63) is 47.2 Å². The summed E-state index contributed by atoms with van der Waals surface area (Å²) in [6, 6.07) is 10.1. The highest BCUT2D eigenvalue weighted by Gasteiger charge is 2.35. The zero-order chi connectivity index (χ0) is 24.0. The first kappa shape index (κ1) is 22.4. The van der Waals surface area contributed by atoms with E-state index in [0.29, 0.717) is 17.6 Å². The number of nitrogens with one attached hydrogen (secondary N) is 1. The number of nitrogen functional groups attached to an aromatic ring is 1. The second-order valence-corrected chi connectivity index (χ2v) is 8.45. The Balaban J connectivity index is 1.77. The van der Waals surface area contributed by atoms with Crippen molar-refractivity contribution in [1.29, 1.82) is 0 Å². The van der Waals surface area contributed by atoms with Crippen LogP contribution in [0.25, 0.3) is 32.9 Å². The van der Waals surface area contributed by atoms with Crippen molar-refractivity contribution in [2.45, 2.75) is 5.92 Å². The number of anilines is 2. The largest absolute Gasteiger partial charge is 0.467 e. The average Bonchev–Trinajstić information content (AvgIpc) is 2.99. The molecule has 0 aliphatic carbocycles. The number of para-hydroxylation sites is 1. The number of hydrogen-bond donors (Lipinski definition) is 2. The van der Waals surface area contributed by atoms with Gasteiger partial charge < -0.3 is 20.7 Å². The smallest absolute Gasteiger partial charge is 0.318 e. The van der Waals surface area contributed by atoms with Crippen molar-refractivity contribution in [3.8, 4) is 17.1 Å². The fraction of sp³-hybridized carbons (Fsp3) is 0.261. The van der Waals surface area contributed by atoms with Crippen molar-refractivity contribution in [2.75, 3.05) is 43.9 Å². The van der Waals surface area contributed by atoms with E-state index in [0.717, 1.165) is 5.39 Å². The standard InChI is InChI=1S/C23H20ClF3N6O/c1-34-22-31-20-14(21(32-22)33-8-7-29-10-23(26,27)11-33)9-15(24)17(18(20)25)13-4-2-3-12-5-6-16(28)30-19(12)13/h2-6,9,29H,7-8,10-11H2,1H3,(H2,28,30). The van der Waals surface area contributed by atoms with E-state index >= 15 is 4.39 Å². The van der Waals surface area contributed by atoms with Crippen molar-refractivity contribution in [2.24, 2.45) is 0 Å². The first-order chi connectivity index (χ1) is 16.3. The number of ether oxygens (including phenoxy) is 1. The third kappa shape index (κ3) is 3.92. The van der Waals surface area contributed by atoms with E-state index in [4.69, 9.17) is 22.1 Å². The second kappa shape index (κ2) is 8.44. The predicted molar refractivity (Wildman–Crippen MR) is 126 cm³/mol. The van der Waals surface area contributed by atoms with E-state index in [1.165, 1.54) is 18.1 Å². The van der Waals surface area contributed by atoms with Crippen LogP contribution in [0.2, 0.25) is 5.02 Å². The van der Waals surface area contributed by atoms with Crippen LogP contribution in [-0.4, -0.2) is 54.2 Å². The van der Waals surface area contributed by atoms with Gasteiger partial charge in [0.2, 0.25) is 0 Å². The summed E-state index contributed by atoms with van der Waals surface area (Å²) in [6.07, 6.45) is 0. The number of aromatic nitrogens is 3. The number of fused-ring (bicyclic) bond motifs is 2. The quantitative estimate of drug-likeness (QED) is 0.445. The number of methoxy groups -OCH3 is 1. The lowest BCUT2D eigenvalue weighted by molar-refractivity contribution is 0.0156. The predicted octanol–water partition coefficient (Wildman–Crippen LogP) is 4.27. The summed E-state index contributed by atoms with van der Waals surface area (Å²) < 4.78 is 49.9. The molecule has 0 atom stereocenters. The molecule has 4 aromatic rings. The molecule has 5 rings (SSSR count). The Bertz CT molecular complexity index is 1420. The van der Waals surface area contributed by atoms with Crippen LogP contribution in [0.15, 0.2) is 36.4 Å². The van der Waals surface area contributed by atoms with Crippen molar-refractivity contribution < 1.29 is 17.9 Å². The summed E-state index contributed by atoms with van der Waals surface area (Å²) in [5.41, 5.74) is 6.75. The van der Waals surface area contributed by atoms with Gasteiger partial charge in [-0.05, 0) is 18.2 Å². The molecule has 0 unspecified atom stereocenters. The number of nitrogens with two attached hydrogens (primary N) is 1. The Morgan fingerprint density at radius 1 is 1.15 bits per heavy atom. The molecule has 3 N–H and O–H groups in total. The van der Waals surface area contributed by atoms with E-state index in [-0.39, 0.29) is 45.7 Å². The lowest BCUT2D eigenvalue weighted by Crippen LogP contribution is -2.39. The monoisotopic (exact) mass is 488 g/mol. The van der Waals surface area contributed by atoms with E-state index in [9.17, 15) is 8.78 Å². The molecule has 0 spiro atoms. The van der Waals surface area contributed by atoms with Gasteiger partial charge in [0.15, 0.2) is 5.82 Å². The number of pyridine rings is 1. The van der Waals surface area contributed by atoms with E-state index < -0.39 is 24.8 Å². The van der Waals surface area contributed by atoms with E-state index in [1.54, 1.807) is 24.3 Å². The summed E-state index contributed by atoms with van der Waals surface area (Å²) in [5, 5.41) is 3.73. The highest BCUT2D eigenvalue weighted by Crippen LogP contribution is 2.41. The number of hydrogen-bond acceptors (Lipinski definition) is 7. The maximum atomic E-state index is 16.1. The molecule has 2 aromatic heterocycles. The SMILES string of the molecule is COc1nc(N2CCNCC(F)(F)C2)c2cc(Cl)c(-c3cccc4ccc(N)nc34)c(F)c2n1. The first-order valence-corrected chi connectivity index (χ1v) is 10.9. The fourth-order valence-electron chi connectivity index (χ4n) is 4.18. The summed E-state index contributed by atoms with van der Waals surface area (Å²) in [6.45, 7) is -0.512. The van der Waals surface area contributed by atoms with Gasteiger partial charge in [0.25, 0.3) is 5.92 Å². The topological polar surface area (TPSA) is 89.2 Å². The molecular formula is C23H20ClF3N6O. The van der Waals surface area contributed by atoms with Crippen molar-refractivity contribution >= 4 is 45.0 Å². The van der Waals surface area contributed by atoms with Gasteiger partial charge >= 0.3 is 6.01 Å². The minimum atomic E-state index is -3.00. The summed E-state index contributed by atoms with van der Waals surface area (Å²) >= 11 is 6.59. The normalized spacial score (nSPS) is 16.1. The van der Waals surface area contributed by atoms with Crippen LogP contribution < -0.4 is 20.7 Å². The molecule has 34 heavy (non-hydrogen) atoms. The summed E-state index contributed by atoms with van der Waals surface area (Å²) in [4.78, 5) is 14.2. The molecule has 176 valence electrons.